The van der Waals surface area contributed by atoms with Crippen LogP contribution in [0.4, 0.5) is 13.2 Å². The van der Waals surface area contributed by atoms with Gasteiger partial charge in [0.2, 0.25) is 0 Å². The minimum absolute atomic E-state index is 0.113. The zero-order valence-corrected chi connectivity index (χ0v) is 9.02. The Bertz CT molecular complexity index is 504. The Morgan fingerprint density at radius 3 is 2.65 bits per heavy atom. The van der Waals surface area contributed by atoms with E-state index in [4.69, 9.17) is 16.9 Å². The maximum atomic E-state index is 12.0. The lowest BCUT2D eigenvalue weighted by atomic mass is 10.2. The second-order valence-electron chi connectivity index (χ2n) is 2.99. The third-order valence-corrected chi connectivity index (χ3v) is 2.04. The lowest BCUT2D eigenvalue weighted by Crippen LogP contribution is -2.24. The van der Waals surface area contributed by atoms with Crippen LogP contribution in [0.3, 0.4) is 0 Å². The fraction of sp³-hybridized carbons (Fsp3) is 0.333. The molecule has 0 saturated carbocycles. The quantitative estimate of drug-likeness (QED) is 0.852. The van der Waals surface area contributed by atoms with E-state index in [0.717, 1.165) is 0 Å². The van der Waals surface area contributed by atoms with Crippen molar-refractivity contribution in [2.75, 3.05) is 0 Å². The van der Waals surface area contributed by atoms with Crippen molar-refractivity contribution in [3.05, 3.63) is 27.7 Å². The number of hydrogen-bond acceptors (Lipinski definition) is 3. The molecule has 0 aliphatic carbocycles. The Labute approximate surface area is 98.6 Å². The molecule has 0 spiro atoms. The van der Waals surface area contributed by atoms with Gasteiger partial charge in [0.25, 0.3) is 5.56 Å². The van der Waals surface area contributed by atoms with Crippen molar-refractivity contribution >= 4 is 11.6 Å². The van der Waals surface area contributed by atoms with Crippen LogP contribution in [0.5, 0.6) is 5.75 Å². The number of pyridine rings is 1. The SMILES string of the molecule is N#CCc1cc(CCl)c(OC(F)(F)F)c(=O)[nH]1. The molecule has 0 aliphatic rings. The summed E-state index contributed by atoms with van der Waals surface area (Å²) in [7, 11) is 0. The molecule has 0 unspecified atom stereocenters. The first-order chi connectivity index (χ1) is 7.87. The van der Waals surface area contributed by atoms with Gasteiger partial charge >= 0.3 is 6.36 Å². The number of halogens is 4. The molecule has 0 aromatic carbocycles. The molecule has 1 aromatic heterocycles. The van der Waals surface area contributed by atoms with Crippen molar-refractivity contribution in [1.29, 1.82) is 5.26 Å². The zero-order valence-electron chi connectivity index (χ0n) is 8.27. The summed E-state index contributed by atoms with van der Waals surface area (Å²) in [6.07, 6.45) is -5.10. The van der Waals surface area contributed by atoms with Crippen LogP contribution in [-0.2, 0) is 12.3 Å². The predicted molar refractivity (Wildman–Crippen MR) is 52.6 cm³/mol. The number of nitrogens with one attached hydrogen (secondary N) is 1. The molecule has 92 valence electrons. The minimum atomic E-state index is -4.97. The minimum Gasteiger partial charge on any atom is -0.400 e. The van der Waals surface area contributed by atoms with Gasteiger partial charge in [-0.15, -0.1) is 24.8 Å². The molecule has 0 amide bonds. The first-order valence-electron chi connectivity index (χ1n) is 4.31. The van der Waals surface area contributed by atoms with Gasteiger partial charge in [-0.1, -0.05) is 0 Å². The lowest BCUT2D eigenvalue weighted by Gasteiger charge is -2.11. The molecule has 17 heavy (non-hydrogen) atoms. The number of alkyl halides is 4. The molecule has 1 aromatic rings. The first kappa shape index (κ1) is 13.4. The maximum Gasteiger partial charge on any atom is 0.573 e. The number of aromatic amines is 1. The molecule has 0 aliphatic heterocycles. The molecule has 8 heteroatoms. The van der Waals surface area contributed by atoms with E-state index in [2.05, 4.69) is 9.72 Å². The molecule has 0 saturated heterocycles. The van der Waals surface area contributed by atoms with Crippen molar-refractivity contribution in [2.45, 2.75) is 18.7 Å². The van der Waals surface area contributed by atoms with Crippen LogP contribution in [0.15, 0.2) is 10.9 Å². The molecule has 1 N–H and O–H groups in total. The predicted octanol–water partition coefficient (Wildman–Crippen LogP) is 2.08. The second-order valence-corrected chi connectivity index (χ2v) is 3.26. The van der Waals surface area contributed by atoms with E-state index in [9.17, 15) is 18.0 Å². The van der Waals surface area contributed by atoms with Crippen LogP contribution >= 0.6 is 11.6 Å². The van der Waals surface area contributed by atoms with Gasteiger partial charge in [0.05, 0.1) is 18.4 Å². The summed E-state index contributed by atoms with van der Waals surface area (Å²) < 4.78 is 39.6. The molecule has 0 fully saturated rings. The largest absolute Gasteiger partial charge is 0.573 e. The number of nitrogens with zero attached hydrogens (tertiary/aromatic N) is 1. The summed E-state index contributed by atoms with van der Waals surface area (Å²) >= 11 is 5.42. The smallest absolute Gasteiger partial charge is 0.400 e. The van der Waals surface area contributed by atoms with Gasteiger partial charge in [0, 0.05) is 11.3 Å². The van der Waals surface area contributed by atoms with Crippen molar-refractivity contribution in [3.63, 3.8) is 0 Å². The number of rotatable bonds is 3. The van der Waals surface area contributed by atoms with Gasteiger partial charge in [-0.2, -0.15) is 5.26 Å². The maximum absolute atomic E-state index is 12.0. The number of hydrogen-bond donors (Lipinski definition) is 1. The van der Waals surface area contributed by atoms with Crippen LogP contribution < -0.4 is 10.3 Å². The number of aromatic nitrogens is 1. The van der Waals surface area contributed by atoms with E-state index < -0.39 is 17.7 Å². The molecule has 0 radical (unpaired) electrons. The first-order valence-corrected chi connectivity index (χ1v) is 4.84. The van der Waals surface area contributed by atoms with E-state index in [1.54, 1.807) is 6.07 Å². The molecule has 0 atom stereocenters. The van der Waals surface area contributed by atoms with Crippen LogP contribution in [-0.4, -0.2) is 11.3 Å². The molecule has 0 bridgehead atoms. The van der Waals surface area contributed by atoms with Crippen LogP contribution in [0.1, 0.15) is 11.3 Å². The van der Waals surface area contributed by atoms with Crippen molar-refractivity contribution in [1.82, 2.24) is 4.98 Å². The van der Waals surface area contributed by atoms with Crippen molar-refractivity contribution < 1.29 is 17.9 Å². The van der Waals surface area contributed by atoms with Gasteiger partial charge in [0.1, 0.15) is 0 Å². The number of ether oxygens (including phenoxy) is 1. The van der Waals surface area contributed by atoms with E-state index >= 15 is 0 Å². The van der Waals surface area contributed by atoms with E-state index in [1.807, 2.05) is 0 Å². The number of H-pyrrole nitrogens is 1. The highest BCUT2D eigenvalue weighted by molar-refractivity contribution is 6.17. The van der Waals surface area contributed by atoms with Gasteiger partial charge in [-0.25, -0.2) is 0 Å². The Hall–Kier alpha value is -1.68. The standard InChI is InChI=1S/C9H6ClF3N2O2/c10-4-5-3-6(1-2-14)15-8(16)7(5)17-9(11,12)13/h3H,1,4H2,(H,15,16). The highest BCUT2D eigenvalue weighted by atomic mass is 35.5. The summed E-state index contributed by atoms with van der Waals surface area (Å²) in [6.45, 7) is 0. The molecule has 4 nitrogen and oxygen atoms in total. The van der Waals surface area contributed by atoms with Crippen LogP contribution in [0, 0.1) is 11.3 Å². The van der Waals surface area contributed by atoms with Crippen LogP contribution in [0.2, 0.25) is 0 Å². The molecular weight excluding hydrogens is 261 g/mol. The van der Waals surface area contributed by atoms with E-state index in [0.29, 0.717) is 0 Å². The molecule has 1 rings (SSSR count). The monoisotopic (exact) mass is 266 g/mol. The Morgan fingerprint density at radius 1 is 1.53 bits per heavy atom. The summed E-state index contributed by atoms with van der Waals surface area (Å²) in [4.78, 5) is 13.4. The fourth-order valence-electron chi connectivity index (χ4n) is 1.17. The average molecular weight is 267 g/mol. The topological polar surface area (TPSA) is 65.9 Å². The second kappa shape index (κ2) is 5.10. The Balaban J connectivity index is 3.23. The summed E-state index contributed by atoms with van der Waals surface area (Å²) in [5, 5.41) is 8.41. The van der Waals surface area contributed by atoms with Gasteiger partial charge < -0.3 is 9.72 Å². The van der Waals surface area contributed by atoms with Gasteiger partial charge in [-0.05, 0) is 6.07 Å². The van der Waals surface area contributed by atoms with E-state index in [1.165, 1.54) is 6.07 Å². The zero-order chi connectivity index (χ0) is 13.1. The highest BCUT2D eigenvalue weighted by Gasteiger charge is 2.33. The highest BCUT2D eigenvalue weighted by Crippen LogP contribution is 2.24. The summed E-state index contributed by atoms with van der Waals surface area (Å²) in [5.74, 6) is -1.22. The van der Waals surface area contributed by atoms with E-state index in [-0.39, 0.29) is 23.6 Å². The summed E-state index contributed by atoms with van der Waals surface area (Å²) in [5.41, 5.74) is -0.994. The number of nitriles is 1. The summed E-state index contributed by atoms with van der Waals surface area (Å²) in [6, 6.07) is 2.95. The van der Waals surface area contributed by atoms with Crippen molar-refractivity contribution in [2.24, 2.45) is 0 Å². The van der Waals surface area contributed by atoms with Crippen molar-refractivity contribution in [3.8, 4) is 11.8 Å². The lowest BCUT2D eigenvalue weighted by molar-refractivity contribution is -0.275. The third kappa shape index (κ3) is 3.67. The van der Waals surface area contributed by atoms with Gasteiger partial charge in [-0.3, -0.25) is 4.79 Å². The Kier molecular flexibility index (Phi) is 4.02. The third-order valence-electron chi connectivity index (χ3n) is 1.75. The molecule has 1 heterocycles. The van der Waals surface area contributed by atoms with Crippen LogP contribution in [0.25, 0.3) is 0 Å². The molecular formula is C9H6ClF3N2O2. The average Bonchev–Trinajstić information content (AvgIpc) is 2.20. The normalized spacial score (nSPS) is 11.0. The fourth-order valence-corrected chi connectivity index (χ4v) is 1.37. The van der Waals surface area contributed by atoms with Gasteiger partial charge in [0.15, 0.2) is 5.75 Å². The Morgan fingerprint density at radius 2 is 2.18 bits per heavy atom.